The number of carbonyl (C=O) groups excluding carboxylic acids is 1. The van der Waals surface area contributed by atoms with Gasteiger partial charge in [-0.25, -0.2) is 0 Å². The predicted molar refractivity (Wildman–Crippen MR) is 133 cm³/mol. The Bertz CT molecular complexity index is 1180. The molecule has 4 bridgehead atoms. The molecule has 0 radical (unpaired) electrons. The summed E-state index contributed by atoms with van der Waals surface area (Å²) in [5.74, 6) is 3.46. The SMILES string of the molecule is CCc1nnc2sc(-c3ccc(NC(=S)NC(=O)CC45CC6CC(CC(C6)C4)C5)cc3)nn12. The fourth-order valence-electron chi connectivity index (χ4n) is 6.87. The Morgan fingerprint density at radius 1 is 1.12 bits per heavy atom. The molecule has 2 heterocycles. The molecular formula is C24H28N6OS2. The van der Waals surface area contributed by atoms with E-state index in [9.17, 15) is 4.79 Å². The number of nitrogens with zero attached hydrogens (tertiary/aromatic N) is 4. The molecule has 0 spiro atoms. The van der Waals surface area contributed by atoms with Gasteiger partial charge in [-0.3, -0.25) is 4.79 Å². The Hall–Kier alpha value is -2.39. The van der Waals surface area contributed by atoms with Gasteiger partial charge in [0, 0.05) is 24.1 Å². The molecule has 4 saturated carbocycles. The van der Waals surface area contributed by atoms with E-state index in [1.807, 2.05) is 31.2 Å². The van der Waals surface area contributed by atoms with Gasteiger partial charge in [-0.2, -0.15) is 9.61 Å². The number of anilines is 1. The van der Waals surface area contributed by atoms with E-state index in [1.165, 1.54) is 49.9 Å². The Kier molecular flexibility index (Phi) is 5.21. The lowest BCUT2D eigenvalue weighted by Crippen LogP contribution is -2.48. The number of hydrogen-bond acceptors (Lipinski definition) is 6. The summed E-state index contributed by atoms with van der Waals surface area (Å²) in [7, 11) is 0. The zero-order valence-electron chi connectivity index (χ0n) is 18.7. The maximum atomic E-state index is 12.8. The molecule has 172 valence electrons. The van der Waals surface area contributed by atoms with Crippen molar-refractivity contribution < 1.29 is 4.79 Å². The molecule has 3 aromatic rings. The van der Waals surface area contributed by atoms with Crippen LogP contribution in [0.15, 0.2) is 24.3 Å². The largest absolute Gasteiger partial charge is 0.332 e. The van der Waals surface area contributed by atoms with Crippen molar-refractivity contribution in [1.82, 2.24) is 25.1 Å². The number of carbonyl (C=O) groups is 1. The molecular weight excluding hydrogens is 452 g/mol. The highest BCUT2D eigenvalue weighted by molar-refractivity contribution is 7.80. The van der Waals surface area contributed by atoms with Crippen LogP contribution in [0.2, 0.25) is 0 Å². The van der Waals surface area contributed by atoms with Crippen molar-refractivity contribution in [2.75, 3.05) is 5.32 Å². The summed E-state index contributed by atoms with van der Waals surface area (Å²) >= 11 is 6.95. The minimum absolute atomic E-state index is 0.0533. The monoisotopic (exact) mass is 480 g/mol. The molecule has 7 nitrogen and oxygen atoms in total. The van der Waals surface area contributed by atoms with Crippen LogP contribution in [-0.4, -0.2) is 30.8 Å². The van der Waals surface area contributed by atoms with Gasteiger partial charge in [0.25, 0.3) is 0 Å². The fourth-order valence-corrected chi connectivity index (χ4v) is 7.97. The Morgan fingerprint density at radius 3 is 2.42 bits per heavy atom. The molecule has 0 aliphatic heterocycles. The van der Waals surface area contributed by atoms with Crippen LogP contribution in [0.25, 0.3) is 15.5 Å². The van der Waals surface area contributed by atoms with Gasteiger partial charge in [-0.1, -0.05) is 18.3 Å². The maximum Gasteiger partial charge on any atom is 0.234 e. The second kappa shape index (κ2) is 8.13. The highest BCUT2D eigenvalue weighted by atomic mass is 32.1. The molecule has 1 aromatic carbocycles. The van der Waals surface area contributed by atoms with Crippen molar-refractivity contribution in [2.24, 2.45) is 23.2 Å². The quantitative estimate of drug-likeness (QED) is 0.509. The molecule has 1 amide bonds. The van der Waals surface area contributed by atoms with Gasteiger partial charge in [0.2, 0.25) is 10.9 Å². The predicted octanol–water partition coefficient (Wildman–Crippen LogP) is 4.83. The van der Waals surface area contributed by atoms with Gasteiger partial charge in [0.05, 0.1) is 0 Å². The van der Waals surface area contributed by atoms with Gasteiger partial charge < -0.3 is 10.6 Å². The molecule has 2 N–H and O–H groups in total. The van der Waals surface area contributed by atoms with Crippen molar-refractivity contribution in [1.29, 1.82) is 0 Å². The lowest BCUT2D eigenvalue weighted by Gasteiger charge is -2.56. The Morgan fingerprint density at radius 2 is 1.79 bits per heavy atom. The third-order valence-corrected chi connectivity index (χ3v) is 8.87. The van der Waals surface area contributed by atoms with Crippen LogP contribution in [0.5, 0.6) is 0 Å². The number of fused-ring (bicyclic) bond motifs is 1. The van der Waals surface area contributed by atoms with Crippen LogP contribution >= 0.6 is 23.6 Å². The summed E-state index contributed by atoms with van der Waals surface area (Å²) in [6, 6.07) is 7.91. The third-order valence-electron chi connectivity index (χ3n) is 7.71. The standard InChI is InChI=1S/C24H28N6OS2/c1-2-19-27-28-23-30(19)29-21(33-23)17-3-5-18(6-4-17)25-22(32)26-20(31)13-24-10-14-7-15(11-24)9-16(8-14)12-24/h3-6,14-16H,2,7-13H2,1H3,(H2,25,26,31,32). The summed E-state index contributed by atoms with van der Waals surface area (Å²) in [5, 5.41) is 20.3. The van der Waals surface area contributed by atoms with E-state index in [0.717, 1.165) is 51.2 Å². The molecule has 0 unspecified atom stereocenters. The zero-order valence-corrected chi connectivity index (χ0v) is 20.3. The summed E-state index contributed by atoms with van der Waals surface area (Å²) < 4.78 is 1.81. The van der Waals surface area contributed by atoms with Crippen molar-refractivity contribution in [3.8, 4) is 10.6 Å². The molecule has 4 fully saturated rings. The minimum Gasteiger partial charge on any atom is -0.332 e. The second-order valence-corrected chi connectivity index (χ2v) is 11.6. The zero-order chi connectivity index (χ0) is 22.6. The molecule has 2 aromatic heterocycles. The van der Waals surface area contributed by atoms with Crippen LogP contribution in [0.1, 0.15) is 57.7 Å². The number of amides is 1. The first-order chi connectivity index (χ1) is 16.0. The number of nitrogens with one attached hydrogen (secondary N) is 2. The van der Waals surface area contributed by atoms with Gasteiger partial charge in [0.15, 0.2) is 10.9 Å². The van der Waals surface area contributed by atoms with E-state index in [-0.39, 0.29) is 11.3 Å². The first kappa shape index (κ1) is 21.2. The van der Waals surface area contributed by atoms with Crippen LogP contribution in [0.4, 0.5) is 5.69 Å². The molecule has 7 rings (SSSR count). The summed E-state index contributed by atoms with van der Waals surface area (Å²) in [5.41, 5.74) is 2.07. The molecule has 33 heavy (non-hydrogen) atoms. The third kappa shape index (κ3) is 4.05. The molecule has 4 aliphatic rings. The topological polar surface area (TPSA) is 84.2 Å². The van der Waals surface area contributed by atoms with E-state index < -0.39 is 0 Å². The molecule has 4 aliphatic carbocycles. The fraction of sp³-hybridized carbons (Fsp3) is 0.542. The van der Waals surface area contributed by atoms with E-state index >= 15 is 0 Å². The van der Waals surface area contributed by atoms with Crippen molar-refractivity contribution in [3.05, 3.63) is 30.1 Å². The number of hydrogen-bond donors (Lipinski definition) is 2. The smallest absolute Gasteiger partial charge is 0.234 e. The first-order valence-electron chi connectivity index (χ1n) is 11.9. The summed E-state index contributed by atoms with van der Waals surface area (Å²) in [6.07, 6.45) is 9.25. The van der Waals surface area contributed by atoms with Crippen LogP contribution in [-0.2, 0) is 11.2 Å². The highest BCUT2D eigenvalue weighted by Gasteiger charge is 2.51. The van der Waals surface area contributed by atoms with Gasteiger partial charge >= 0.3 is 0 Å². The van der Waals surface area contributed by atoms with E-state index in [4.69, 9.17) is 12.2 Å². The van der Waals surface area contributed by atoms with Gasteiger partial charge in [0.1, 0.15) is 5.01 Å². The number of aryl methyl sites for hydroxylation is 1. The van der Waals surface area contributed by atoms with Gasteiger partial charge in [-0.15, -0.1) is 10.2 Å². The van der Waals surface area contributed by atoms with E-state index in [0.29, 0.717) is 11.5 Å². The van der Waals surface area contributed by atoms with Crippen molar-refractivity contribution in [2.45, 2.75) is 58.3 Å². The van der Waals surface area contributed by atoms with E-state index in [1.54, 1.807) is 4.52 Å². The highest BCUT2D eigenvalue weighted by Crippen LogP contribution is 2.61. The number of benzene rings is 1. The second-order valence-electron chi connectivity index (χ2n) is 10.2. The first-order valence-corrected chi connectivity index (χ1v) is 13.1. The van der Waals surface area contributed by atoms with E-state index in [2.05, 4.69) is 25.9 Å². The maximum absolute atomic E-state index is 12.8. The van der Waals surface area contributed by atoms with Crippen molar-refractivity contribution in [3.63, 3.8) is 0 Å². The normalized spacial score (nSPS) is 27.7. The number of aromatic nitrogens is 4. The van der Waals surface area contributed by atoms with Crippen molar-refractivity contribution >= 4 is 45.2 Å². The van der Waals surface area contributed by atoms with Gasteiger partial charge in [-0.05, 0) is 98.2 Å². The minimum atomic E-state index is 0.0533. The van der Waals surface area contributed by atoms with Crippen LogP contribution in [0.3, 0.4) is 0 Å². The Balaban J connectivity index is 1.06. The number of thiocarbonyl (C=S) groups is 1. The van der Waals surface area contributed by atoms with Crippen LogP contribution < -0.4 is 10.6 Å². The summed E-state index contributed by atoms with van der Waals surface area (Å²) in [6.45, 7) is 2.04. The lowest BCUT2D eigenvalue weighted by molar-refractivity contribution is -0.127. The Labute approximate surface area is 202 Å². The number of rotatable bonds is 5. The summed E-state index contributed by atoms with van der Waals surface area (Å²) in [4.78, 5) is 13.6. The molecule has 0 atom stereocenters. The lowest BCUT2D eigenvalue weighted by atomic mass is 9.49. The van der Waals surface area contributed by atoms with Crippen LogP contribution in [0, 0.1) is 23.2 Å². The average molecular weight is 481 g/mol. The molecule has 9 heteroatoms. The molecule has 0 saturated heterocycles. The average Bonchev–Trinajstić information content (AvgIpc) is 3.33.